The Hall–Kier alpha value is -0.163. The lowest BCUT2D eigenvalue weighted by Gasteiger charge is -2.36. The SMILES string of the molecule is C[C@@H]1C=C[C@H](CCCO[Si](C)(C)C(C)(C)C)OO1. The van der Waals surface area contributed by atoms with Gasteiger partial charge < -0.3 is 4.43 Å². The summed E-state index contributed by atoms with van der Waals surface area (Å²) in [5.41, 5.74) is 0. The van der Waals surface area contributed by atoms with Gasteiger partial charge in [0.25, 0.3) is 0 Å². The molecule has 0 aromatic heterocycles. The molecule has 0 bridgehead atoms. The van der Waals surface area contributed by atoms with Gasteiger partial charge in [-0.25, -0.2) is 9.78 Å². The molecule has 0 aromatic rings. The molecule has 1 aliphatic heterocycles. The molecular weight excluding hydrogens is 244 g/mol. The van der Waals surface area contributed by atoms with Gasteiger partial charge in [-0.2, -0.15) is 0 Å². The Bertz CT molecular complexity index is 281. The minimum Gasteiger partial charge on any atom is -0.417 e. The molecule has 0 amide bonds. The van der Waals surface area contributed by atoms with E-state index in [9.17, 15) is 0 Å². The van der Waals surface area contributed by atoms with Crippen molar-refractivity contribution in [1.29, 1.82) is 0 Å². The van der Waals surface area contributed by atoms with Crippen molar-refractivity contribution < 1.29 is 14.2 Å². The molecular formula is C14H28O3Si. The van der Waals surface area contributed by atoms with Crippen LogP contribution in [-0.4, -0.2) is 27.1 Å². The standard InChI is InChI=1S/C14H28O3Si/c1-12-9-10-13(17-16-12)8-7-11-15-18(5,6)14(2,3)4/h9-10,12-13H,7-8,11H2,1-6H3/t12-,13+/m1/s1. The van der Waals surface area contributed by atoms with Crippen molar-refractivity contribution in [3.63, 3.8) is 0 Å². The van der Waals surface area contributed by atoms with E-state index in [4.69, 9.17) is 14.2 Å². The molecule has 0 saturated heterocycles. The van der Waals surface area contributed by atoms with E-state index in [0.717, 1.165) is 19.4 Å². The van der Waals surface area contributed by atoms with Crippen molar-refractivity contribution >= 4 is 8.32 Å². The van der Waals surface area contributed by atoms with E-state index in [1.165, 1.54) is 0 Å². The number of hydrogen-bond donors (Lipinski definition) is 0. The molecule has 2 atom stereocenters. The average Bonchev–Trinajstić information content (AvgIpc) is 2.25. The van der Waals surface area contributed by atoms with Gasteiger partial charge in [0, 0.05) is 6.61 Å². The molecule has 0 aliphatic carbocycles. The summed E-state index contributed by atoms with van der Waals surface area (Å²) >= 11 is 0. The van der Waals surface area contributed by atoms with Crippen LogP contribution in [0.4, 0.5) is 0 Å². The minimum atomic E-state index is -1.59. The molecule has 106 valence electrons. The van der Waals surface area contributed by atoms with Crippen LogP contribution < -0.4 is 0 Å². The molecule has 0 N–H and O–H groups in total. The Morgan fingerprint density at radius 2 is 1.83 bits per heavy atom. The second-order valence-electron chi connectivity index (χ2n) is 6.57. The van der Waals surface area contributed by atoms with Crippen LogP contribution in [0.1, 0.15) is 40.5 Å². The molecule has 0 radical (unpaired) electrons. The molecule has 4 heteroatoms. The first-order chi connectivity index (χ1) is 8.22. The van der Waals surface area contributed by atoms with E-state index >= 15 is 0 Å². The predicted molar refractivity (Wildman–Crippen MR) is 76.9 cm³/mol. The van der Waals surface area contributed by atoms with Crippen LogP contribution in [0.3, 0.4) is 0 Å². The van der Waals surface area contributed by atoms with Crippen LogP contribution in [0.2, 0.25) is 18.1 Å². The largest absolute Gasteiger partial charge is 0.417 e. The summed E-state index contributed by atoms with van der Waals surface area (Å²) in [6, 6.07) is 0. The third-order valence-electron chi connectivity index (χ3n) is 3.83. The first-order valence-corrected chi connectivity index (χ1v) is 9.77. The fourth-order valence-corrected chi connectivity index (χ4v) is 2.56. The molecule has 0 unspecified atom stereocenters. The third kappa shape index (κ3) is 4.84. The molecule has 18 heavy (non-hydrogen) atoms. The van der Waals surface area contributed by atoms with Gasteiger partial charge >= 0.3 is 0 Å². The van der Waals surface area contributed by atoms with E-state index < -0.39 is 8.32 Å². The summed E-state index contributed by atoms with van der Waals surface area (Å²) in [4.78, 5) is 10.4. The van der Waals surface area contributed by atoms with Gasteiger partial charge in [0.15, 0.2) is 8.32 Å². The van der Waals surface area contributed by atoms with Gasteiger partial charge in [-0.3, -0.25) is 0 Å². The third-order valence-corrected chi connectivity index (χ3v) is 8.37. The molecule has 1 heterocycles. The summed E-state index contributed by atoms with van der Waals surface area (Å²) in [5.74, 6) is 0. The fourth-order valence-electron chi connectivity index (χ4n) is 1.48. The highest BCUT2D eigenvalue weighted by Gasteiger charge is 2.36. The monoisotopic (exact) mass is 272 g/mol. The first kappa shape index (κ1) is 15.9. The van der Waals surface area contributed by atoms with Crippen LogP contribution in [0.15, 0.2) is 12.2 Å². The zero-order valence-corrected chi connectivity index (χ0v) is 13.7. The van der Waals surface area contributed by atoms with Gasteiger partial charge in [0.1, 0.15) is 12.2 Å². The van der Waals surface area contributed by atoms with Gasteiger partial charge in [-0.15, -0.1) is 0 Å². The van der Waals surface area contributed by atoms with Crippen LogP contribution >= 0.6 is 0 Å². The van der Waals surface area contributed by atoms with Gasteiger partial charge in [0.05, 0.1) is 0 Å². The van der Waals surface area contributed by atoms with Crippen molar-refractivity contribution in [2.45, 2.75) is 70.9 Å². The molecule has 0 saturated carbocycles. The Balaban J connectivity index is 2.21. The molecule has 0 aromatic carbocycles. The summed E-state index contributed by atoms with van der Waals surface area (Å²) in [6.07, 6.45) is 6.26. The van der Waals surface area contributed by atoms with Crippen molar-refractivity contribution in [2.24, 2.45) is 0 Å². The zero-order valence-electron chi connectivity index (χ0n) is 12.7. The Morgan fingerprint density at radius 3 is 2.33 bits per heavy atom. The van der Waals surface area contributed by atoms with Crippen LogP contribution in [0, 0.1) is 0 Å². The lowest BCUT2D eigenvalue weighted by Crippen LogP contribution is -2.41. The van der Waals surface area contributed by atoms with E-state index in [1.807, 2.05) is 13.0 Å². The molecule has 3 nitrogen and oxygen atoms in total. The second kappa shape index (κ2) is 6.33. The number of rotatable bonds is 5. The quantitative estimate of drug-likeness (QED) is 0.327. The van der Waals surface area contributed by atoms with Crippen molar-refractivity contribution in [3.8, 4) is 0 Å². The average molecular weight is 272 g/mol. The highest BCUT2D eigenvalue weighted by Crippen LogP contribution is 2.36. The smallest absolute Gasteiger partial charge is 0.191 e. The maximum atomic E-state index is 6.12. The first-order valence-electron chi connectivity index (χ1n) is 6.87. The zero-order chi connectivity index (χ0) is 13.8. The lowest BCUT2D eigenvalue weighted by molar-refractivity contribution is -0.337. The maximum absolute atomic E-state index is 6.12. The van der Waals surface area contributed by atoms with E-state index in [1.54, 1.807) is 0 Å². The highest BCUT2D eigenvalue weighted by atomic mass is 28.4. The Morgan fingerprint density at radius 1 is 1.17 bits per heavy atom. The summed E-state index contributed by atoms with van der Waals surface area (Å²) < 4.78 is 6.12. The number of hydrogen-bond acceptors (Lipinski definition) is 3. The Kier molecular flexibility index (Phi) is 5.59. The van der Waals surface area contributed by atoms with Crippen molar-refractivity contribution in [1.82, 2.24) is 0 Å². The van der Waals surface area contributed by atoms with Gasteiger partial charge in [-0.1, -0.05) is 32.9 Å². The van der Waals surface area contributed by atoms with Gasteiger partial charge in [0.2, 0.25) is 0 Å². The van der Waals surface area contributed by atoms with Crippen LogP contribution in [-0.2, 0) is 14.2 Å². The topological polar surface area (TPSA) is 27.7 Å². The summed E-state index contributed by atoms with van der Waals surface area (Å²) in [7, 11) is -1.59. The summed E-state index contributed by atoms with van der Waals surface area (Å²) in [6.45, 7) is 14.2. The second-order valence-corrected chi connectivity index (χ2v) is 11.4. The van der Waals surface area contributed by atoms with E-state index in [2.05, 4.69) is 39.9 Å². The Labute approximate surface area is 113 Å². The molecule has 0 spiro atoms. The normalized spacial score (nSPS) is 25.4. The van der Waals surface area contributed by atoms with Crippen LogP contribution in [0.5, 0.6) is 0 Å². The van der Waals surface area contributed by atoms with E-state index in [0.29, 0.717) is 0 Å². The predicted octanol–water partition coefficient (Wildman–Crippen LogP) is 4.06. The molecule has 1 rings (SSSR count). The molecule has 1 aliphatic rings. The minimum absolute atomic E-state index is 0.0738. The van der Waals surface area contributed by atoms with Gasteiger partial charge in [-0.05, 0) is 37.9 Å². The lowest BCUT2D eigenvalue weighted by atomic mass is 10.1. The van der Waals surface area contributed by atoms with E-state index in [-0.39, 0.29) is 17.2 Å². The maximum Gasteiger partial charge on any atom is 0.191 e. The summed E-state index contributed by atoms with van der Waals surface area (Å²) in [5, 5.41) is 0.285. The van der Waals surface area contributed by atoms with Crippen molar-refractivity contribution in [2.75, 3.05) is 6.61 Å². The van der Waals surface area contributed by atoms with Crippen LogP contribution in [0.25, 0.3) is 0 Å². The van der Waals surface area contributed by atoms with Crippen molar-refractivity contribution in [3.05, 3.63) is 12.2 Å². The highest BCUT2D eigenvalue weighted by molar-refractivity contribution is 6.74. The fraction of sp³-hybridized carbons (Fsp3) is 0.857. The molecule has 0 fully saturated rings.